The van der Waals surface area contributed by atoms with Crippen LogP contribution in [-0.4, -0.2) is 60.3 Å². The first-order valence-corrected chi connectivity index (χ1v) is 10.0. The van der Waals surface area contributed by atoms with Gasteiger partial charge in [0.2, 0.25) is 5.91 Å². The Kier molecular flexibility index (Phi) is 5.48. The molecule has 2 heterocycles. The van der Waals surface area contributed by atoms with E-state index < -0.39 is 45.1 Å². The molecule has 9 heteroatoms. The van der Waals surface area contributed by atoms with E-state index in [1.54, 1.807) is 55.4 Å². The average Bonchev–Trinajstić information content (AvgIpc) is 2.48. The van der Waals surface area contributed by atoms with Gasteiger partial charge in [0.25, 0.3) is 0 Å². The predicted octanol–water partition coefficient (Wildman–Crippen LogP) is 1.93. The summed E-state index contributed by atoms with van der Waals surface area (Å²) in [7, 11) is 0. The zero-order chi connectivity index (χ0) is 22.8. The van der Waals surface area contributed by atoms with E-state index in [4.69, 9.17) is 5.73 Å². The molecule has 0 bridgehead atoms. The zero-order valence-electron chi connectivity index (χ0n) is 18.9. The van der Waals surface area contributed by atoms with Gasteiger partial charge in [-0.05, 0) is 81.1 Å². The van der Waals surface area contributed by atoms with Gasteiger partial charge in [-0.25, -0.2) is 4.79 Å². The minimum atomic E-state index is -1.62. The summed E-state index contributed by atoms with van der Waals surface area (Å²) in [4.78, 5) is 25.7. The molecule has 2 fully saturated rings. The largest absolute Gasteiger partial charge is 0.784 e. The van der Waals surface area contributed by atoms with Crippen molar-refractivity contribution in [1.82, 2.24) is 15.4 Å². The summed E-state index contributed by atoms with van der Waals surface area (Å²) >= 11 is 0. The van der Waals surface area contributed by atoms with Crippen LogP contribution in [0.1, 0.15) is 81.1 Å². The second-order valence-corrected chi connectivity index (χ2v) is 11.5. The van der Waals surface area contributed by atoms with Crippen LogP contribution < -0.4 is 11.1 Å². The van der Waals surface area contributed by atoms with Gasteiger partial charge in [0, 0.05) is 22.2 Å². The minimum Gasteiger partial charge on any atom is -0.784 e. The van der Waals surface area contributed by atoms with Gasteiger partial charge in [-0.2, -0.15) is 0 Å². The maximum Gasteiger partial charge on any atom is 0.329 e. The summed E-state index contributed by atoms with van der Waals surface area (Å²) in [6.45, 7) is 13.6. The first kappa shape index (κ1) is 24.0. The van der Waals surface area contributed by atoms with Crippen molar-refractivity contribution in [1.29, 1.82) is 0 Å². The van der Waals surface area contributed by atoms with Crippen LogP contribution in [-0.2, 0) is 9.59 Å². The summed E-state index contributed by atoms with van der Waals surface area (Å²) in [5, 5.41) is 40.0. The molecule has 0 atom stereocenters. The van der Waals surface area contributed by atoms with Crippen LogP contribution in [0.2, 0.25) is 0 Å². The molecule has 29 heavy (non-hydrogen) atoms. The van der Waals surface area contributed by atoms with Crippen molar-refractivity contribution in [3.63, 3.8) is 0 Å². The highest BCUT2D eigenvalue weighted by atomic mass is 16.5. The lowest BCUT2D eigenvalue weighted by Crippen LogP contribution is -2.75. The molecule has 9 nitrogen and oxygen atoms in total. The van der Waals surface area contributed by atoms with E-state index in [-0.39, 0.29) is 25.7 Å². The van der Waals surface area contributed by atoms with Crippen LogP contribution >= 0.6 is 0 Å². The van der Waals surface area contributed by atoms with Crippen LogP contribution in [0.3, 0.4) is 0 Å². The standard InChI is InChI=1S/C20H36N4O5/c1-15(2)9-19(21,10-16(3,4)23(15)28)13(25)22-20(14(26)27)11-17(5,6)24(29)18(7,8)12-20/h9-12,21H2,1-8H3,(H,22,25)(H,26,27)/q-2. The molecule has 0 radical (unpaired) electrons. The van der Waals surface area contributed by atoms with E-state index in [1.165, 1.54) is 0 Å². The Hall–Kier alpha value is -1.26. The average molecular weight is 413 g/mol. The number of carboxylic acid groups (broad SMARTS) is 1. The molecule has 0 aliphatic carbocycles. The number of hydroxylamine groups is 4. The number of hydrogen-bond donors (Lipinski definition) is 3. The van der Waals surface area contributed by atoms with Gasteiger partial charge < -0.3 is 36.7 Å². The minimum absolute atomic E-state index is 0.0510. The van der Waals surface area contributed by atoms with Crippen LogP contribution in [0.15, 0.2) is 0 Å². The lowest BCUT2D eigenvalue weighted by atomic mass is 9.68. The predicted molar refractivity (Wildman–Crippen MR) is 111 cm³/mol. The van der Waals surface area contributed by atoms with E-state index in [1.807, 2.05) is 0 Å². The highest BCUT2D eigenvalue weighted by Gasteiger charge is 2.57. The third-order valence-electron chi connectivity index (χ3n) is 6.38. The van der Waals surface area contributed by atoms with Gasteiger partial charge >= 0.3 is 5.97 Å². The van der Waals surface area contributed by atoms with Crippen LogP contribution in [0.5, 0.6) is 0 Å². The molecule has 2 saturated heterocycles. The van der Waals surface area contributed by atoms with Gasteiger partial charge in [0.15, 0.2) is 0 Å². The monoisotopic (exact) mass is 412 g/mol. The lowest BCUT2D eigenvalue weighted by Gasteiger charge is -2.63. The Balaban J connectivity index is 2.41. The number of aliphatic carboxylic acids is 1. The third kappa shape index (κ3) is 4.03. The number of amides is 1. The fourth-order valence-electron chi connectivity index (χ4n) is 5.87. The smallest absolute Gasteiger partial charge is 0.329 e. The number of nitrogens with zero attached hydrogens (tertiary/aromatic N) is 2. The van der Waals surface area contributed by atoms with Crippen molar-refractivity contribution in [2.24, 2.45) is 5.73 Å². The van der Waals surface area contributed by atoms with Crippen molar-refractivity contribution in [2.45, 2.75) is 114 Å². The van der Waals surface area contributed by atoms with E-state index in [9.17, 15) is 25.1 Å². The molecular weight excluding hydrogens is 376 g/mol. The highest BCUT2D eigenvalue weighted by Crippen LogP contribution is 2.45. The van der Waals surface area contributed by atoms with E-state index >= 15 is 0 Å². The van der Waals surface area contributed by atoms with E-state index in [0.717, 1.165) is 10.1 Å². The summed E-state index contributed by atoms with van der Waals surface area (Å²) < 4.78 is 0. The number of rotatable bonds is 3. The van der Waals surface area contributed by atoms with Crippen LogP contribution in [0, 0.1) is 10.4 Å². The topological polar surface area (TPSA) is 145 Å². The molecule has 0 aromatic carbocycles. The highest BCUT2D eigenvalue weighted by molar-refractivity contribution is 5.92. The number of carboxylic acids is 1. The molecule has 0 spiro atoms. The zero-order valence-corrected chi connectivity index (χ0v) is 18.9. The fraction of sp³-hybridized carbons (Fsp3) is 0.900. The summed E-state index contributed by atoms with van der Waals surface area (Å²) in [6, 6.07) is 0. The number of nitrogens with one attached hydrogen (secondary N) is 1. The van der Waals surface area contributed by atoms with Crippen molar-refractivity contribution in [2.75, 3.05) is 0 Å². The second-order valence-electron chi connectivity index (χ2n) is 11.5. The number of nitrogens with two attached hydrogens (primary N) is 1. The van der Waals surface area contributed by atoms with E-state index in [2.05, 4.69) is 5.32 Å². The first-order valence-electron chi connectivity index (χ1n) is 10.0. The number of piperidine rings is 2. The lowest BCUT2D eigenvalue weighted by molar-refractivity contribution is -0.159. The number of carbonyl (C=O) groups is 2. The summed E-state index contributed by atoms with van der Waals surface area (Å²) in [5.41, 5.74) is -0.280. The molecule has 0 unspecified atom stereocenters. The maximum absolute atomic E-state index is 13.4. The number of hydrogen-bond acceptors (Lipinski definition) is 7. The summed E-state index contributed by atoms with van der Waals surface area (Å²) in [6.07, 6.45) is 0.0823. The molecular formula is C20H36N4O5-2. The van der Waals surface area contributed by atoms with Gasteiger partial charge in [-0.15, -0.1) is 0 Å². The molecule has 0 saturated carbocycles. The Morgan fingerprint density at radius 2 is 1.10 bits per heavy atom. The molecule has 168 valence electrons. The second kappa shape index (κ2) is 6.62. The Morgan fingerprint density at radius 1 is 0.793 bits per heavy atom. The Bertz CT molecular complexity index is 665. The molecule has 2 aliphatic rings. The first-order chi connectivity index (χ1) is 12.7. The van der Waals surface area contributed by atoms with Gasteiger partial charge in [-0.1, -0.05) is 0 Å². The Morgan fingerprint density at radius 3 is 1.41 bits per heavy atom. The molecule has 2 rings (SSSR count). The molecule has 2 aliphatic heterocycles. The van der Waals surface area contributed by atoms with Crippen molar-refractivity contribution >= 4 is 11.9 Å². The van der Waals surface area contributed by atoms with Crippen molar-refractivity contribution in [3.05, 3.63) is 10.4 Å². The molecule has 0 aromatic heterocycles. The molecule has 1 amide bonds. The fourth-order valence-corrected chi connectivity index (χ4v) is 5.87. The maximum atomic E-state index is 13.4. The normalized spacial score (nSPS) is 29.8. The molecule has 0 aromatic rings. The van der Waals surface area contributed by atoms with Crippen LogP contribution in [0.4, 0.5) is 0 Å². The van der Waals surface area contributed by atoms with Crippen molar-refractivity contribution < 1.29 is 14.7 Å². The van der Waals surface area contributed by atoms with Gasteiger partial charge in [0.05, 0.1) is 5.54 Å². The third-order valence-corrected chi connectivity index (χ3v) is 6.38. The van der Waals surface area contributed by atoms with E-state index in [0.29, 0.717) is 0 Å². The SMILES string of the molecule is CC1(C)CC(N)(C(=O)NC2(C(=O)O)CC(C)(C)N([O-])C(C)(C)C2)CC(C)(C)N1[O-]. The van der Waals surface area contributed by atoms with Gasteiger partial charge in [-0.3, -0.25) is 4.79 Å². The Labute approximate surface area is 173 Å². The summed E-state index contributed by atoms with van der Waals surface area (Å²) in [5.74, 6) is -1.79. The quantitative estimate of drug-likeness (QED) is 0.637. The van der Waals surface area contributed by atoms with Crippen molar-refractivity contribution in [3.8, 4) is 0 Å². The van der Waals surface area contributed by atoms with Gasteiger partial charge in [0.1, 0.15) is 5.54 Å². The van der Waals surface area contributed by atoms with Crippen LogP contribution in [0.25, 0.3) is 0 Å². The molecule has 4 N–H and O–H groups in total. The number of carbonyl (C=O) groups excluding carboxylic acids is 1.